The van der Waals surface area contributed by atoms with Crippen molar-refractivity contribution in [3.8, 4) is 0 Å². The second-order valence-corrected chi connectivity index (χ2v) is 7.36. The van der Waals surface area contributed by atoms with Crippen molar-refractivity contribution in [3.05, 3.63) is 50.1 Å². The zero-order valence-corrected chi connectivity index (χ0v) is 13.5. The zero-order chi connectivity index (χ0) is 15.6. The van der Waals surface area contributed by atoms with E-state index in [4.69, 9.17) is 28.3 Å². The van der Waals surface area contributed by atoms with E-state index < -0.39 is 16.0 Å². The zero-order valence-electron chi connectivity index (χ0n) is 10.3. The molecule has 0 fully saturated rings. The molecular weight excluding hydrogens is 357 g/mol. The number of rotatable bonds is 5. The Hall–Kier alpha value is -1.12. The van der Waals surface area contributed by atoms with Gasteiger partial charge in [-0.05, 0) is 34.5 Å². The summed E-state index contributed by atoms with van der Waals surface area (Å²) < 4.78 is 26.8. The van der Waals surface area contributed by atoms with Gasteiger partial charge in [-0.15, -0.1) is 0 Å². The van der Waals surface area contributed by atoms with E-state index in [1.54, 1.807) is 11.4 Å². The summed E-state index contributed by atoms with van der Waals surface area (Å²) in [4.78, 5) is 10.7. The molecule has 1 aromatic heterocycles. The summed E-state index contributed by atoms with van der Waals surface area (Å²) in [6.45, 7) is 0.0804. The molecule has 0 aliphatic rings. The summed E-state index contributed by atoms with van der Waals surface area (Å²) in [6.07, 6.45) is 0. The molecule has 0 saturated carbocycles. The van der Waals surface area contributed by atoms with E-state index in [-0.39, 0.29) is 27.0 Å². The van der Waals surface area contributed by atoms with Gasteiger partial charge in [0, 0.05) is 11.6 Å². The van der Waals surface area contributed by atoms with Gasteiger partial charge in [-0.1, -0.05) is 23.2 Å². The summed E-state index contributed by atoms with van der Waals surface area (Å²) in [5, 5.41) is 12.2. The van der Waals surface area contributed by atoms with E-state index in [1.807, 2.05) is 5.38 Å². The smallest absolute Gasteiger partial charge is 0.337 e. The average molecular weight is 366 g/mol. The summed E-state index contributed by atoms with van der Waals surface area (Å²) in [7, 11) is -3.97. The lowest BCUT2D eigenvalue weighted by Crippen LogP contribution is -2.23. The molecule has 21 heavy (non-hydrogen) atoms. The molecule has 1 heterocycles. The van der Waals surface area contributed by atoms with E-state index in [9.17, 15) is 13.2 Å². The number of hydrogen-bond donors (Lipinski definition) is 2. The highest BCUT2D eigenvalue weighted by molar-refractivity contribution is 7.89. The van der Waals surface area contributed by atoms with Gasteiger partial charge in [0.2, 0.25) is 10.0 Å². The van der Waals surface area contributed by atoms with Crippen LogP contribution in [0.2, 0.25) is 10.0 Å². The van der Waals surface area contributed by atoms with Crippen molar-refractivity contribution in [3.63, 3.8) is 0 Å². The van der Waals surface area contributed by atoms with Gasteiger partial charge in [0.05, 0.1) is 10.6 Å². The maximum atomic E-state index is 12.2. The predicted octanol–water partition coefficient (Wildman–Crippen LogP) is 3.23. The Morgan fingerprint density at radius 1 is 1.33 bits per heavy atom. The number of carboxylic acid groups (broad SMARTS) is 1. The Balaban J connectivity index is 2.37. The maximum Gasteiger partial charge on any atom is 0.337 e. The molecule has 0 bridgehead atoms. The molecular formula is C12H9Cl2NO4S2. The standard InChI is InChI=1S/C12H9Cl2NO4S2/c13-8-3-9(12(16)17)11(14)10(4-8)21(18,19)15-5-7-1-2-20-6-7/h1-4,6,15H,5H2,(H,16,17). The number of benzene rings is 1. The van der Waals surface area contributed by atoms with Crippen molar-refractivity contribution in [2.24, 2.45) is 0 Å². The fourth-order valence-corrected chi connectivity index (χ4v) is 4.15. The Morgan fingerprint density at radius 2 is 2.05 bits per heavy atom. The molecule has 0 unspecified atom stereocenters. The van der Waals surface area contributed by atoms with E-state index in [0.29, 0.717) is 0 Å². The molecule has 2 N–H and O–H groups in total. The minimum atomic E-state index is -3.97. The molecule has 1 aromatic carbocycles. The minimum Gasteiger partial charge on any atom is -0.478 e. The topological polar surface area (TPSA) is 83.5 Å². The first-order valence-electron chi connectivity index (χ1n) is 5.54. The molecule has 9 heteroatoms. The van der Waals surface area contributed by atoms with Gasteiger partial charge in [0.1, 0.15) is 4.90 Å². The van der Waals surface area contributed by atoms with Crippen molar-refractivity contribution >= 4 is 50.5 Å². The van der Waals surface area contributed by atoms with Gasteiger partial charge in [-0.2, -0.15) is 11.3 Å². The van der Waals surface area contributed by atoms with Gasteiger partial charge in [-0.3, -0.25) is 0 Å². The Kier molecular flexibility index (Phi) is 4.90. The van der Waals surface area contributed by atoms with Gasteiger partial charge in [0.15, 0.2) is 0 Å². The van der Waals surface area contributed by atoms with Crippen LogP contribution in [0.25, 0.3) is 0 Å². The number of sulfonamides is 1. The highest BCUT2D eigenvalue weighted by Gasteiger charge is 2.23. The molecule has 0 radical (unpaired) electrons. The number of carbonyl (C=O) groups is 1. The Labute approximate surface area is 135 Å². The SMILES string of the molecule is O=C(O)c1cc(Cl)cc(S(=O)(=O)NCc2ccsc2)c1Cl. The predicted molar refractivity (Wildman–Crippen MR) is 81.8 cm³/mol. The first-order chi connectivity index (χ1) is 9.81. The highest BCUT2D eigenvalue weighted by Crippen LogP contribution is 2.29. The lowest BCUT2D eigenvalue weighted by molar-refractivity contribution is 0.0697. The summed E-state index contributed by atoms with van der Waals surface area (Å²) in [5.74, 6) is -1.35. The summed E-state index contributed by atoms with van der Waals surface area (Å²) in [6, 6.07) is 3.99. The van der Waals surface area contributed by atoms with Gasteiger partial charge >= 0.3 is 5.97 Å². The molecule has 2 aromatic rings. The van der Waals surface area contributed by atoms with E-state index in [0.717, 1.165) is 17.7 Å². The molecule has 0 spiro atoms. The molecule has 0 saturated heterocycles. The molecule has 5 nitrogen and oxygen atoms in total. The summed E-state index contributed by atoms with van der Waals surface area (Å²) >= 11 is 13.1. The maximum absolute atomic E-state index is 12.2. The third-order valence-electron chi connectivity index (χ3n) is 2.57. The second-order valence-electron chi connectivity index (χ2n) is 4.03. The molecule has 0 amide bonds. The van der Waals surface area contributed by atoms with Crippen LogP contribution in [-0.2, 0) is 16.6 Å². The average Bonchev–Trinajstić information content (AvgIpc) is 2.91. The van der Waals surface area contributed by atoms with Crippen LogP contribution in [0, 0.1) is 0 Å². The summed E-state index contributed by atoms with van der Waals surface area (Å²) in [5.41, 5.74) is 0.431. The van der Waals surface area contributed by atoms with Gasteiger partial charge in [0.25, 0.3) is 0 Å². The van der Waals surface area contributed by atoms with Crippen LogP contribution in [0.3, 0.4) is 0 Å². The number of aromatic carboxylic acids is 1. The number of thiophene rings is 1. The molecule has 0 aliphatic heterocycles. The van der Waals surface area contributed by atoms with Crippen LogP contribution in [0.4, 0.5) is 0 Å². The Bertz CT molecular complexity index is 773. The van der Waals surface area contributed by atoms with Crippen LogP contribution in [-0.4, -0.2) is 19.5 Å². The van der Waals surface area contributed by atoms with E-state index in [2.05, 4.69) is 4.72 Å². The van der Waals surface area contributed by atoms with Crippen molar-refractivity contribution in [1.82, 2.24) is 4.72 Å². The van der Waals surface area contributed by atoms with Crippen molar-refractivity contribution < 1.29 is 18.3 Å². The largest absolute Gasteiger partial charge is 0.478 e. The lowest BCUT2D eigenvalue weighted by atomic mass is 10.2. The third kappa shape index (κ3) is 3.75. The number of carboxylic acids is 1. The third-order valence-corrected chi connectivity index (χ3v) is 5.47. The monoisotopic (exact) mass is 365 g/mol. The molecule has 2 rings (SSSR count). The highest BCUT2D eigenvalue weighted by atomic mass is 35.5. The van der Waals surface area contributed by atoms with Crippen molar-refractivity contribution in [1.29, 1.82) is 0 Å². The Morgan fingerprint density at radius 3 is 2.62 bits per heavy atom. The first kappa shape index (κ1) is 16.3. The lowest BCUT2D eigenvalue weighted by Gasteiger charge is -2.10. The van der Waals surface area contributed by atoms with Crippen LogP contribution in [0.15, 0.2) is 33.9 Å². The van der Waals surface area contributed by atoms with Crippen LogP contribution < -0.4 is 4.72 Å². The van der Waals surface area contributed by atoms with Gasteiger partial charge < -0.3 is 5.11 Å². The van der Waals surface area contributed by atoms with Crippen LogP contribution in [0.5, 0.6) is 0 Å². The van der Waals surface area contributed by atoms with Gasteiger partial charge in [-0.25, -0.2) is 17.9 Å². The number of nitrogens with one attached hydrogen (secondary N) is 1. The van der Waals surface area contributed by atoms with E-state index in [1.165, 1.54) is 11.3 Å². The van der Waals surface area contributed by atoms with Crippen LogP contribution >= 0.6 is 34.5 Å². The number of hydrogen-bond acceptors (Lipinski definition) is 4. The number of halogens is 2. The molecule has 0 aliphatic carbocycles. The second kappa shape index (κ2) is 6.33. The van der Waals surface area contributed by atoms with Crippen molar-refractivity contribution in [2.75, 3.05) is 0 Å². The molecule has 112 valence electrons. The fourth-order valence-electron chi connectivity index (χ4n) is 1.56. The molecule has 0 atom stereocenters. The van der Waals surface area contributed by atoms with E-state index >= 15 is 0 Å². The minimum absolute atomic E-state index is 0.0206. The van der Waals surface area contributed by atoms with Crippen molar-refractivity contribution in [2.45, 2.75) is 11.4 Å². The normalized spacial score (nSPS) is 11.5. The quantitative estimate of drug-likeness (QED) is 0.851. The fraction of sp³-hybridized carbons (Fsp3) is 0.0833. The first-order valence-corrected chi connectivity index (χ1v) is 8.72. The van der Waals surface area contributed by atoms with Crippen LogP contribution in [0.1, 0.15) is 15.9 Å².